The molecule has 1 aliphatic heterocycles. The first-order valence-corrected chi connectivity index (χ1v) is 7.71. The second kappa shape index (κ2) is 5.46. The van der Waals surface area contributed by atoms with E-state index < -0.39 is 23.6 Å². The van der Waals surface area contributed by atoms with Gasteiger partial charge in [0.15, 0.2) is 5.78 Å². The SMILES string of the molecule is CC1(C)CC(=O)C2=C(C1)OC(=O)C[C@@H]2c1ccccc1C(F)(F)F. The lowest BCUT2D eigenvalue weighted by Gasteiger charge is -2.37. The average Bonchev–Trinajstić information content (AvgIpc) is 2.43. The zero-order valence-electron chi connectivity index (χ0n) is 13.4. The van der Waals surface area contributed by atoms with Crippen LogP contribution in [0.2, 0.25) is 0 Å². The van der Waals surface area contributed by atoms with E-state index in [-0.39, 0.29) is 40.9 Å². The zero-order chi connectivity index (χ0) is 17.7. The molecule has 0 saturated carbocycles. The Morgan fingerprint density at radius 2 is 1.79 bits per heavy atom. The maximum Gasteiger partial charge on any atom is 0.416 e. The van der Waals surface area contributed by atoms with Crippen LogP contribution < -0.4 is 0 Å². The van der Waals surface area contributed by atoms with E-state index in [0.29, 0.717) is 6.42 Å². The molecule has 0 fully saturated rings. The molecule has 0 spiro atoms. The Balaban J connectivity index is 2.15. The van der Waals surface area contributed by atoms with E-state index >= 15 is 0 Å². The van der Waals surface area contributed by atoms with Crippen molar-refractivity contribution >= 4 is 11.8 Å². The number of allylic oxidation sites excluding steroid dienone is 2. The fraction of sp³-hybridized carbons (Fsp3) is 0.444. The summed E-state index contributed by atoms with van der Waals surface area (Å²) < 4.78 is 45.2. The molecule has 2 aliphatic rings. The van der Waals surface area contributed by atoms with E-state index in [9.17, 15) is 22.8 Å². The fourth-order valence-corrected chi connectivity index (χ4v) is 3.53. The number of alkyl halides is 3. The molecule has 1 aliphatic carbocycles. The molecule has 3 rings (SSSR count). The van der Waals surface area contributed by atoms with Gasteiger partial charge in [-0.15, -0.1) is 0 Å². The van der Waals surface area contributed by atoms with Gasteiger partial charge in [0.2, 0.25) is 0 Å². The lowest BCUT2D eigenvalue weighted by atomic mass is 9.70. The van der Waals surface area contributed by atoms with E-state index in [1.54, 1.807) is 0 Å². The van der Waals surface area contributed by atoms with Gasteiger partial charge in [0.05, 0.1) is 12.0 Å². The molecule has 0 bridgehead atoms. The molecule has 1 atom stereocenters. The topological polar surface area (TPSA) is 43.4 Å². The maximum atomic E-state index is 13.3. The van der Waals surface area contributed by atoms with Crippen LogP contribution in [0.3, 0.4) is 0 Å². The van der Waals surface area contributed by atoms with Crippen LogP contribution in [-0.4, -0.2) is 11.8 Å². The van der Waals surface area contributed by atoms with E-state index in [0.717, 1.165) is 6.07 Å². The highest BCUT2D eigenvalue weighted by Gasteiger charge is 2.44. The number of ether oxygens (including phenoxy) is 1. The van der Waals surface area contributed by atoms with Gasteiger partial charge in [-0.2, -0.15) is 13.2 Å². The summed E-state index contributed by atoms with van der Waals surface area (Å²) >= 11 is 0. The molecule has 0 radical (unpaired) electrons. The first kappa shape index (κ1) is 16.7. The van der Waals surface area contributed by atoms with Crippen molar-refractivity contribution in [2.45, 2.75) is 45.2 Å². The van der Waals surface area contributed by atoms with Crippen molar-refractivity contribution in [3.63, 3.8) is 0 Å². The minimum absolute atomic E-state index is 0.0396. The predicted octanol–water partition coefficient (Wildman–Crippen LogP) is 4.38. The predicted molar refractivity (Wildman–Crippen MR) is 79.9 cm³/mol. The minimum Gasteiger partial charge on any atom is -0.431 e. The Hall–Kier alpha value is -2.11. The number of ketones is 1. The Kier molecular flexibility index (Phi) is 3.81. The molecule has 0 amide bonds. The lowest BCUT2D eigenvalue weighted by molar-refractivity contribution is -0.144. The van der Waals surface area contributed by atoms with E-state index in [4.69, 9.17) is 4.74 Å². The number of Topliss-reactive ketones (excluding diaryl/α,β-unsaturated/α-hetero) is 1. The van der Waals surface area contributed by atoms with Crippen LogP contribution in [0, 0.1) is 5.41 Å². The Labute approximate surface area is 137 Å². The van der Waals surface area contributed by atoms with Gasteiger partial charge in [0, 0.05) is 24.3 Å². The van der Waals surface area contributed by atoms with E-state index in [1.165, 1.54) is 18.2 Å². The lowest BCUT2D eigenvalue weighted by Crippen LogP contribution is -2.34. The number of hydrogen-bond acceptors (Lipinski definition) is 3. The highest BCUT2D eigenvalue weighted by atomic mass is 19.4. The second-order valence-electron chi connectivity index (χ2n) is 7.09. The third-order valence-electron chi connectivity index (χ3n) is 4.48. The Bertz CT molecular complexity index is 744. The first-order chi connectivity index (χ1) is 11.1. The Morgan fingerprint density at radius 3 is 2.46 bits per heavy atom. The molecule has 0 aromatic heterocycles. The summed E-state index contributed by atoms with van der Waals surface area (Å²) in [6, 6.07) is 5.10. The average molecular weight is 338 g/mol. The number of rotatable bonds is 1. The standard InChI is InChI=1S/C18H17F3O3/c1-17(2)8-13(22)16-11(7-15(23)24-14(16)9-17)10-5-3-4-6-12(10)18(19,20)21/h3-6,11H,7-9H2,1-2H3/t11-/m1/s1. The summed E-state index contributed by atoms with van der Waals surface area (Å²) in [4.78, 5) is 24.5. The highest BCUT2D eigenvalue weighted by Crippen LogP contribution is 2.48. The van der Waals surface area contributed by atoms with Gasteiger partial charge in [-0.25, -0.2) is 0 Å². The van der Waals surface area contributed by atoms with Gasteiger partial charge >= 0.3 is 12.1 Å². The van der Waals surface area contributed by atoms with Crippen LogP contribution in [0.4, 0.5) is 13.2 Å². The van der Waals surface area contributed by atoms with Gasteiger partial charge in [-0.1, -0.05) is 32.0 Å². The number of carbonyl (C=O) groups is 2. The molecule has 3 nitrogen and oxygen atoms in total. The summed E-state index contributed by atoms with van der Waals surface area (Å²) in [6.45, 7) is 3.74. The molecule has 24 heavy (non-hydrogen) atoms. The highest BCUT2D eigenvalue weighted by molar-refractivity contribution is 6.00. The van der Waals surface area contributed by atoms with Gasteiger partial charge in [-0.05, 0) is 17.0 Å². The van der Waals surface area contributed by atoms with E-state index in [1.807, 2.05) is 13.8 Å². The summed E-state index contributed by atoms with van der Waals surface area (Å²) in [5.74, 6) is -1.51. The molecule has 1 aromatic carbocycles. The monoisotopic (exact) mass is 338 g/mol. The number of benzene rings is 1. The number of esters is 1. The summed E-state index contributed by atoms with van der Waals surface area (Å²) in [6.07, 6.45) is -4.20. The summed E-state index contributed by atoms with van der Waals surface area (Å²) in [5, 5.41) is 0. The molecule has 0 saturated heterocycles. The summed E-state index contributed by atoms with van der Waals surface area (Å²) in [7, 11) is 0. The molecule has 1 heterocycles. The van der Waals surface area contributed by atoms with Crippen molar-refractivity contribution in [3.8, 4) is 0 Å². The van der Waals surface area contributed by atoms with Crippen LogP contribution in [0.25, 0.3) is 0 Å². The third kappa shape index (κ3) is 2.97. The van der Waals surface area contributed by atoms with Crippen LogP contribution in [0.15, 0.2) is 35.6 Å². The largest absolute Gasteiger partial charge is 0.431 e. The molecular weight excluding hydrogens is 321 g/mol. The van der Waals surface area contributed by atoms with Crippen molar-refractivity contribution in [3.05, 3.63) is 46.7 Å². The van der Waals surface area contributed by atoms with Gasteiger partial charge in [0.25, 0.3) is 0 Å². The molecule has 0 unspecified atom stereocenters. The normalized spacial score (nSPS) is 23.8. The van der Waals surface area contributed by atoms with Crippen LogP contribution in [0.1, 0.15) is 50.2 Å². The maximum absolute atomic E-state index is 13.3. The van der Waals surface area contributed by atoms with E-state index in [2.05, 4.69) is 0 Å². The fourth-order valence-electron chi connectivity index (χ4n) is 3.53. The number of halogens is 3. The molecule has 6 heteroatoms. The third-order valence-corrected chi connectivity index (χ3v) is 4.48. The molecule has 128 valence electrons. The smallest absolute Gasteiger partial charge is 0.416 e. The van der Waals surface area contributed by atoms with Crippen molar-refractivity contribution < 1.29 is 27.5 Å². The zero-order valence-corrected chi connectivity index (χ0v) is 13.4. The quantitative estimate of drug-likeness (QED) is 0.714. The van der Waals surface area contributed by atoms with Crippen molar-refractivity contribution in [2.75, 3.05) is 0 Å². The van der Waals surface area contributed by atoms with Crippen molar-refractivity contribution in [1.29, 1.82) is 0 Å². The molecule has 0 N–H and O–H groups in total. The summed E-state index contributed by atoms with van der Waals surface area (Å²) in [5.41, 5.74) is -0.997. The number of hydrogen-bond donors (Lipinski definition) is 0. The minimum atomic E-state index is -4.55. The second-order valence-corrected chi connectivity index (χ2v) is 7.09. The van der Waals surface area contributed by atoms with Crippen molar-refractivity contribution in [2.24, 2.45) is 5.41 Å². The van der Waals surface area contributed by atoms with Gasteiger partial charge in [-0.3, -0.25) is 9.59 Å². The van der Waals surface area contributed by atoms with Crippen LogP contribution >= 0.6 is 0 Å². The van der Waals surface area contributed by atoms with Gasteiger partial charge in [0.1, 0.15) is 5.76 Å². The number of carbonyl (C=O) groups excluding carboxylic acids is 2. The Morgan fingerprint density at radius 1 is 1.12 bits per heavy atom. The van der Waals surface area contributed by atoms with Gasteiger partial charge < -0.3 is 4.74 Å². The first-order valence-electron chi connectivity index (χ1n) is 7.71. The molecule has 1 aromatic rings. The van der Waals surface area contributed by atoms with Crippen LogP contribution in [-0.2, 0) is 20.5 Å². The van der Waals surface area contributed by atoms with Crippen LogP contribution in [0.5, 0.6) is 0 Å². The van der Waals surface area contributed by atoms with Crippen molar-refractivity contribution in [1.82, 2.24) is 0 Å². The molecular formula is C18H17F3O3.